The zero-order valence-corrected chi connectivity index (χ0v) is 10.6. The Bertz CT molecular complexity index is 630. The van der Waals surface area contributed by atoms with E-state index in [9.17, 15) is 14.9 Å². The van der Waals surface area contributed by atoms with Gasteiger partial charge < -0.3 is 5.73 Å². The van der Waals surface area contributed by atoms with E-state index >= 15 is 0 Å². The monoisotopic (exact) mass is 274 g/mol. The summed E-state index contributed by atoms with van der Waals surface area (Å²) in [6.45, 7) is 0. The van der Waals surface area contributed by atoms with Crippen molar-refractivity contribution >= 4 is 34.6 Å². The number of non-ortho nitro benzene ring substituents is 1. The van der Waals surface area contributed by atoms with Crippen molar-refractivity contribution in [3.63, 3.8) is 0 Å². The molecular weight excluding hydrogens is 264 g/mol. The Morgan fingerprint density at radius 3 is 2.42 bits per heavy atom. The summed E-state index contributed by atoms with van der Waals surface area (Å²) in [6, 6.07) is 9.45. The number of hydrogen-bond donors (Lipinski definition) is 1. The number of hydrogen-bond acceptors (Lipinski definition) is 4. The van der Waals surface area contributed by atoms with Crippen molar-refractivity contribution in [2.24, 2.45) is 5.73 Å². The van der Waals surface area contributed by atoms with E-state index < -0.39 is 10.8 Å². The number of nitrogens with two attached hydrogens (primary N) is 1. The van der Waals surface area contributed by atoms with Crippen LogP contribution in [0.4, 0.5) is 5.69 Å². The van der Waals surface area contributed by atoms with Gasteiger partial charge in [-0.15, -0.1) is 11.3 Å². The summed E-state index contributed by atoms with van der Waals surface area (Å²) in [5.74, 6) is -0.567. The molecule has 2 aromatic rings. The van der Waals surface area contributed by atoms with E-state index in [1.165, 1.54) is 35.6 Å². The predicted octanol–water partition coefficient (Wildman–Crippen LogP) is 2.68. The predicted molar refractivity (Wildman–Crippen MR) is 74.5 cm³/mol. The van der Waals surface area contributed by atoms with Crippen molar-refractivity contribution in [3.05, 3.63) is 62.3 Å². The first kappa shape index (κ1) is 13.0. The molecule has 1 heterocycles. The van der Waals surface area contributed by atoms with Crippen LogP contribution in [-0.4, -0.2) is 10.8 Å². The topological polar surface area (TPSA) is 86.2 Å². The Balaban J connectivity index is 2.40. The van der Waals surface area contributed by atoms with Crippen LogP contribution in [0.5, 0.6) is 0 Å². The normalized spacial score (nSPS) is 11.3. The molecule has 1 amide bonds. The number of nitrogens with zero attached hydrogens (tertiary/aromatic N) is 1. The van der Waals surface area contributed by atoms with Crippen molar-refractivity contribution in [1.82, 2.24) is 0 Å². The van der Waals surface area contributed by atoms with E-state index in [2.05, 4.69) is 0 Å². The number of thiophene rings is 1. The van der Waals surface area contributed by atoms with E-state index in [1.54, 1.807) is 6.08 Å². The number of benzene rings is 1. The summed E-state index contributed by atoms with van der Waals surface area (Å²) < 4.78 is 0. The molecule has 2 rings (SSSR count). The second-order valence-electron chi connectivity index (χ2n) is 3.74. The van der Waals surface area contributed by atoms with Crippen LogP contribution in [-0.2, 0) is 4.79 Å². The molecule has 6 heteroatoms. The van der Waals surface area contributed by atoms with Gasteiger partial charge in [0.15, 0.2) is 0 Å². The minimum absolute atomic E-state index is 0.0244. The summed E-state index contributed by atoms with van der Waals surface area (Å²) in [4.78, 5) is 22.4. The molecular formula is C13H10N2O3S. The first-order valence-electron chi connectivity index (χ1n) is 5.38. The van der Waals surface area contributed by atoms with Crippen LogP contribution in [0.3, 0.4) is 0 Å². The average molecular weight is 274 g/mol. The maximum Gasteiger partial charge on any atom is 0.269 e. The van der Waals surface area contributed by atoms with E-state index in [1.807, 2.05) is 17.5 Å². The van der Waals surface area contributed by atoms with Crippen molar-refractivity contribution in [2.75, 3.05) is 0 Å². The van der Waals surface area contributed by atoms with Crippen molar-refractivity contribution in [2.45, 2.75) is 0 Å². The molecule has 1 aromatic heterocycles. The molecule has 19 heavy (non-hydrogen) atoms. The van der Waals surface area contributed by atoms with Crippen molar-refractivity contribution in [3.8, 4) is 0 Å². The number of rotatable bonds is 4. The molecule has 0 saturated heterocycles. The van der Waals surface area contributed by atoms with Gasteiger partial charge in [-0.3, -0.25) is 14.9 Å². The van der Waals surface area contributed by atoms with Crippen LogP contribution < -0.4 is 5.73 Å². The van der Waals surface area contributed by atoms with Crippen molar-refractivity contribution in [1.29, 1.82) is 0 Å². The minimum Gasteiger partial charge on any atom is -0.366 e. The molecule has 5 nitrogen and oxygen atoms in total. The van der Waals surface area contributed by atoms with Crippen LogP contribution in [0.15, 0.2) is 41.8 Å². The first-order chi connectivity index (χ1) is 9.08. The van der Waals surface area contributed by atoms with Crippen molar-refractivity contribution < 1.29 is 9.72 Å². The Labute approximate surface area is 113 Å². The molecule has 0 aliphatic heterocycles. The minimum atomic E-state index is -0.567. The lowest BCUT2D eigenvalue weighted by Crippen LogP contribution is -2.12. The highest BCUT2D eigenvalue weighted by Gasteiger charge is 2.11. The number of carbonyl (C=O) groups is 1. The van der Waals surface area contributed by atoms with Gasteiger partial charge >= 0.3 is 0 Å². The van der Waals surface area contributed by atoms with Gasteiger partial charge in [-0.1, -0.05) is 6.07 Å². The highest BCUT2D eigenvalue weighted by atomic mass is 32.1. The SMILES string of the molecule is NC(=O)/C(=C/c1cccs1)c1ccc([N+](=O)[O-])cc1. The molecule has 96 valence electrons. The highest BCUT2D eigenvalue weighted by molar-refractivity contribution is 7.11. The zero-order valence-electron chi connectivity index (χ0n) is 9.78. The Morgan fingerprint density at radius 1 is 1.26 bits per heavy atom. The second-order valence-corrected chi connectivity index (χ2v) is 4.72. The average Bonchev–Trinajstić information content (AvgIpc) is 2.88. The second kappa shape index (κ2) is 5.45. The lowest BCUT2D eigenvalue weighted by atomic mass is 10.0. The number of amides is 1. The lowest BCUT2D eigenvalue weighted by molar-refractivity contribution is -0.384. The number of nitro groups is 1. The maximum atomic E-state index is 11.5. The Kier molecular flexibility index (Phi) is 3.72. The first-order valence-corrected chi connectivity index (χ1v) is 6.26. The lowest BCUT2D eigenvalue weighted by Gasteiger charge is -2.03. The van der Waals surface area contributed by atoms with Gasteiger partial charge in [0, 0.05) is 22.6 Å². The summed E-state index contributed by atoms with van der Waals surface area (Å²) in [5.41, 5.74) is 6.21. The fourth-order valence-electron chi connectivity index (χ4n) is 1.58. The molecule has 0 unspecified atom stereocenters. The maximum absolute atomic E-state index is 11.5. The van der Waals surface area contributed by atoms with Gasteiger partial charge in [-0.2, -0.15) is 0 Å². The summed E-state index contributed by atoms with van der Waals surface area (Å²) in [5, 5.41) is 12.5. The summed E-state index contributed by atoms with van der Waals surface area (Å²) >= 11 is 1.48. The molecule has 0 aliphatic rings. The van der Waals surface area contributed by atoms with Crippen LogP contribution in [0.25, 0.3) is 11.6 Å². The summed E-state index contributed by atoms with van der Waals surface area (Å²) in [6.07, 6.45) is 1.67. The van der Waals surface area contributed by atoms with Gasteiger partial charge in [-0.05, 0) is 35.2 Å². The van der Waals surface area contributed by atoms with Gasteiger partial charge in [0.05, 0.1) is 4.92 Å². The molecule has 2 N–H and O–H groups in total. The molecule has 0 radical (unpaired) electrons. The zero-order chi connectivity index (χ0) is 13.8. The fraction of sp³-hybridized carbons (Fsp3) is 0. The number of carbonyl (C=O) groups excluding carboxylic acids is 1. The summed E-state index contributed by atoms with van der Waals surface area (Å²) in [7, 11) is 0. The van der Waals surface area contributed by atoms with Crippen LogP contribution in [0.1, 0.15) is 10.4 Å². The molecule has 0 fully saturated rings. The van der Waals surface area contributed by atoms with Crippen LogP contribution >= 0.6 is 11.3 Å². The Morgan fingerprint density at radius 2 is 1.95 bits per heavy atom. The highest BCUT2D eigenvalue weighted by Crippen LogP contribution is 2.22. The smallest absolute Gasteiger partial charge is 0.269 e. The van der Waals surface area contributed by atoms with Gasteiger partial charge in [0.25, 0.3) is 5.69 Å². The van der Waals surface area contributed by atoms with Gasteiger partial charge in [0.1, 0.15) is 0 Å². The van der Waals surface area contributed by atoms with Crippen LogP contribution in [0.2, 0.25) is 0 Å². The van der Waals surface area contributed by atoms with Gasteiger partial charge in [0.2, 0.25) is 5.91 Å². The van der Waals surface area contributed by atoms with Gasteiger partial charge in [-0.25, -0.2) is 0 Å². The van der Waals surface area contributed by atoms with E-state index in [4.69, 9.17) is 5.73 Å². The molecule has 1 aromatic carbocycles. The standard InChI is InChI=1S/C13H10N2O3S/c14-13(16)12(8-11-2-1-7-19-11)9-3-5-10(6-4-9)15(17)18/h1-8H,(H2,14,16)/b12-8+. The largest absolute Gasteiger partial charge is 0.366 e. The molecule has 0 aliphatic carbocycles. The molecule has 0 spiro atoms. The van der Waals surface area contributed by atoms with E-state index in [0.29, 0.717) is 11.1 Å². The van der Waals surface area contributed by atoms with Crippen LogP contribution in [0, 0.1) is 10.1 Å². The third-order valence-corrected chi connectivity index (χ3v) is 3.30. The molecule has 0 saturated carbocycles. The number of nitro benzene ring substituents is 1. The third kappa shape index (κ3) is 3.05. The third-order valence-electron chi connectivity index (χ3n) is 2.48. The van der Waals surface area contributed by atoms with E-state index in [0.717, 1.165) is 4.88 Å². The number of primary amides is 1. The quantitative estimate of drug-likeness (QED) is 0.528. The van der Waals surface area contributed by atoms with E-state index in [-0.39, 0.29) is 5.69 Å². The molecule has 0 atom stereocenters. The fourth-order valence-corrected chi connectivity index (χ4v) is 2.23. The molecule has 0 bridgehead atoms. The Hall–Kier alpha value is -2.47.